The van der Waals surface area contributed by atoms with Crippen molar-refractivity contribution in [1.82, 2.24) is 5.32 Å². The van der Waals surface area contributed by atoms with Crippen LogP contribution in [0.5, 0.6) is 0 Å². The molecule has 3 heteroatoms. The highest BCUT2D eigenvalue weighted by molar-refractivity contribution is 5.76. The van der Waals surface area contributed by atoms with E-state index in [4.69, 9.17) is 4.74 Å². The monoisotopic (exact) mass is 261 g/mol. The highest BCUT2D eigenvalue weighted by Gasteiger charge is 2.18. The molecule has 1 N–H and O–H groups in total. The van der Waals surface area contributed by atoms with Crippen molar-refractivity contribution in [3.63, 3.8) is 0 Å². The van der Waals surface area contributed by atoms with Crippen molar-refractivity contribution in [3.05, 3.63) is 35.9 Å². The van der Waals surface area contributed by atoms with Gasteiger partial charge in [0.2, 0.25) is 5.91 Å². The van der Waals surface area contributed by atoms with Crippen LogP contribution < -0.4 is 5.32 Å². The topological polar surface area (TPSA) is 38.3 Å². The number of hydrogen-bond donors (Lipinski definition) is 1. The normalized spacial score (nSPS) is 17.3. The lowest BCUT2D eigenvalue weighted by Gasteiger charge is -2.16. The molecule has 0 aromatic heterocycles. The quantitative estimate of drug-likeness (QED) is 0.854. The van der Waals surface area contributed by atoms with Gasteiger partial charge in [-0.05, 0) is 25.3 Å². The lowest BCUT2D eigenvalue weighted by atomic mass is 10.2. The first kappa shape index (κ1) is 14.1. The van der Waals surface area contributed by atoms with Crippen molar-refractivity contribution in [2.45, 2.75) is 57.8 Å². The van der Waals surface area contributed by atoms with E-state index in [1.54, 1.807) is 0 Å². The molecule has 1 aliphatic carbocycles. The standard InChI is InChI=1S/C16H23NO2/c1-13(19-12-14-7-3-2-4-8-14)11-16(18)17-15-9-5-6-10-15/h2-4,7-8,13,15H,5-6,9-12H2,1H3,(H,17,18)/t13-/m1/s1. The van der Waals surface area contributed by atoms with Gasteiger partial charge in [-0.3, -0.25) is 4.79 Å². The van der Waals surface area contributed by atoms with Crippen molar-refractivity contribution >= 4 is 5.91 Å². The molecular formula is C16H23NO2. The fourth-order valence-electron chi connectivity index (χ4n) is 2.49. The second-order valence-electron chi connectivity index (χ2n) is 5.36. The molecule has 0 radical (unpaired) electrons. The van der Waals surface area contributed by atoms with Crippen LogP contribution in [-0.2, 0) is 16.1 Å². The molecule has 0 saturated heterocycles. The van der Waals surface area contributed by atoms with Crippen LogP contribution in [0.15, 0.2) is 30.3 Å². The first-order valence-corrected chi connectivity index (χ1v) is 7.19. The Morgan fingerprint density at radius 3 is 2.68 bits per heavy atom. The van der Waals surface area contributed by atoms with Crippen molar-refractivity contribution in [1.29, 1.82) is 0 Å². The molecule has 1 amide bonds. The fourth-order valence-corrected chi connectivity index (χ4v) is 2.49. The summed E-state index contributed by atoms with van der Waals surface area (Å²) in [4.78, 5) is 11.8. The lowest BCUT2D eigenvalue weighted by molar-refractivity contribution is -0.124. The third-order valence-electron chi connectivity index (χ3n) is 3.57. The van der Waals surface area contributed by atoms with Gasteiger partial charge in [-0.15, -0.1) is 0 Å². The van der Waals surface area contributed by atoms with Crippen LogP contribution in [0.1, 0.15) is 44.6 Å². The molecule has 1 atom stereocenters. The molecular weight excluding hydrogens is 238 g/mol. The van der Waals surface area contributed by atoms with Crippen LogP contribution in [0.2, 0.25) is 0 Å². The highest BCUT2D eigenvalue weighted by Crippen LogP contribution is 2.17. The fraction of sp³-hybridized carbons (Fsp3) is 0.562. The summed E-state index contributed by atoms with van der Waals surface area (Å²) in [5.41, 5.74) is 1.14. The zero-order valence-electron chi connectivity index (χ0n) is 11.6. The van der Waals surface area contributed by atoms with Crippen LogP contribution in [0.25, 0.3) is 0 Å². The van der Waals surface area contributed by atoms with Gasteiger partial charge in [0.1, 0.15) is 0 Å². The molecule has 19 heavy (non-hydrogen) atoms. The Hall–Kier alpha value is -1.35. The molecule has 0 spiro atoms. The summed E-state index contributed by atoms with van der Waals surface area (Å²) in [7, 11) is 0. The van der Waals surface area contributed by atoms with Crippen LogP contribution >= 0.6 is 0 Å². The van der Waals surface area contributed by atoms with E-state index in [1.807, 2.05) is 37.3 Å². The van der Waals surface area contributed by atoms with Gasteiger partial charge >= 0.3 is 0 Å². The molecule has 0 unspecified atom stereocenters. The number of carbonyl (C=O) groups is 1. The van der Waals surface area contributed by atoms with Gasteiger partial charge in [-0.2, -0.15) is 0 Å². The second kappa shape index (κ2) is 7.29. The average Bonchev–Trinajstić information content (AvgIpc) is 2.90. The zero-order valence-corrected chi connectivity index (χ0v) is 11.6. The molecule has 2 rings (SSSR count). The van der Waals surface area contributed by atoms with Gasteiger partial charge in [0.25, 0.3) is 0 Å². The number of rotatable bonds is 6. The van der Waals surface area contributed by atoms with Crippen LogP contribution in [-0.4, -0.2) is 18.1 Å². The molecule has 1 aromatic carbocycles. The molecule has 0 aliphatic heterocycles. The minimum Gasteiger partial charge on any atom is -0.373 e. The Bertz CT molecular complexity index is 385. The van der Waals surface area contributed by atoms with Crippen LogP contribution in [0.3, 0.4) is 0 Å². The largest absolute Gasteiger partial charge is 0.373 e. The number of hydrogen-bond acceptors (Lipinski definition) is 2. The third kappa shape index (κ3) is 5.03. The first-order valence-electron chi connectivity index (χ1n) is 7.19. The van der Waals surface area contributed by atoms with E-state index in [0.29, 0.717) is 19.1 Å². The van der Waals surface area contributed by atoms with E-state index in [9.17, 15) is 4.79 Å². The average molecular weight is 261 g/mol. The van der Waals surface area contributed by atoms with E-state index < -0.39 is 0 Å². The van der Waals surface area contributed by atoms with Gasteiger partial charge in [-0.25, -0.2) is 0 Å². The summed E-state index contributed by atoms with van der Waals surface area (Å²) in [5.74, 6) is 0.118. The predicted octanol–water partition coefficient (Wildman–Crippen LogP) is 3.04. The van der Waals surface area contributed by atoms with Crippen molar-refractivity contribution in [2.75, 3.05) is 0 Å². The van der Waals surface area contributed by atoms with Crippen LogP contribution in [0, 0.1) is 0 Å². The maximum Gasteiger partial charge on any atom is 0.222 e. The number of nitrogens with one attached hydrogen (secondary N) is 1. The number of carbonyl (C=O) groups excluding carboxylic acids is 1. The van der Waals surface area contributed by atoms with Crippen molar-refractivity contribution in [2.24, 2.45) is 0 Å². The molecule has 1 fully saturated rings. The Balaban J connectivity index is 1.65. The van der Waals surface area contributed by atoms with Crippen molar-refractivity contribution in [3.8, 4) is 0 Å². The summed E-state index contributed by atoms with van der Waals surface area (Å²) in [5, 5.41) is 3.09. The Kier molecular flexibility index (Phi) is 5.40. The Morgan fingerprint density at radius 2 is 2.00 bits per heavy atom. The first-order chi connectivity index (χ1) is 9.24. The van der Waals surface area contributed by atoms with Gasteiger partial charge in [0, 0.05) is 6.04 Å². The predicted molar refractivity (Wildman–Crippen MR) is 75.7 cm³/mol. The third-order valence-corrected chi connectivity index (χ3v) is 3.57. The van der Waals surface area contributed by atoms with E-state index in [0.717, 1.165) is 18.4 Å². The smallest absolute Gasteiger partial charge is 0.222 e. The zero-order chi connectivity index (χ0) is 13.5. The summed E-state index contributed by atoms with van der Waals surface area (Å²) < 4.78 is 5.70. The minimum absolute atomic E-state index is 0.0402. The summed E-state index contributed by atoms with van der Waals surface area (Å²) in [6, 6.07) is 10.4. The number of amides is 1. The van der Waals surface area contributed by atoms with Crippen molar-refractivity contribution < 1.29 is 9.53 Å². The van der Waals surface area contributed by atoms with E-state index in [-0.39, 0.29) is 12.0 Å². The molecule has 1 aliphatic rings. The van der Waals surface area contributed by atoms with Gasteiger partial charge in [-0.1, -0.05) is 43.2 Å². The SMILES string of the molecule is C[C@H](CC(=O)NC1CCCC1)OCc1ccccc1. The summed E-state index contributed by atoms with van der Waals surface area (Å²) >= 11 is 0. The maximum atomic E-state index is 11.8. The van der Waals surface area contributed by atoms with Crippen LogP contribution in [0.4, 0.5) is 0 Å². The van der Waals surface area contributed by atoms with Gasteiger partial charge in [0.15, 0.2) is 0 Å². The minimum atomic E-state index is -0.0402. The lowest BCUT2D eigenvalue weighted by Crippen LogP contribution is -2.34. The molecule has 104 valence electrons. The molecule has 0 bridgehead atoms. The van der Waals surface area contributed by atoms with Gasteiger partial charge in [0.05, 0.1) is 19.1 Å². The number of benzene rings is 1. The number of ether oxygens (including phenoxy) is 1. The van der Waals surface area contributed by atoms with E-state index in [2.05, 4.69) is 5.32 Å². The molecule has 1 aromatic rings. The summed E-state index contributed by atoms with van der Waals surface area (Å²) in [6.07, 6.45) is 5.15. The molecule has 3 nitrogen and oxygen atoms in total. The molecule has 0 heterocycles. The van der Waals surface area contributed by atoms with E-state index >= 15 is 0 Å². The van der Waals surface area contributed by atoms with E-state index in [1.165, 1.54) is 12.8 Å². The Morgan fingerprint density at radius 1 is 1.32 bits per heavy atom. The highest BCUT2D eigenvalue weighted by atomic mass is 16.5. The van der Waals surface area contributed by atoms with Gasteiger partial charge < -0.3 is 10.1 Å². The summed E-state index contributed by atoms with van der Waals surface area (Å²) in [6.45, 7) is 2.52. The second-order valence-corrected chi connectivity index (χ2v) is 5.36. The molecule has 1 saturated carbocycles. The Labute approximate surface area is 115 Å². The maximum absolute atomic E-state index is 11.8.